The molecule has 2 aromatic rings. The number of benzene rings is 1. The molecule has 0 saturated heterocycles. The first-order valence-electron chi connectivity index (χ1n) is 5.61. The molecule has 0 atom stereocenters. The first kappa shape index (κ1) is 10.7. The Morgan fingerprint density at radius 1 is 1.06 bits per heavy atom. The molecule has 1 aromatic carbocycles. The number of para-hydroxylation sites is 1. The van der Waals surface area contributed by atoms with Gasteiger partial charge in [0.25, 0.3) is 0 Å². The zero-order chi connectivity index (χ0) is 11.2. The average molecular weight is 212 g/mol. The van der Waals surface area contributed by atoms with Crippen LogP contribution in [-0.2, 0) is 13.0 Å². The number of aromatic nitrogens is 1. The summed E-state index contributed by atoms with van der Waals surface area (Å²) in [6.07, 6.45) is 4.70. The lowest BCUT2D eigenvalue weighted by Crippen LogP contribution is -2.01. The molecule has 2 nitrogen and oxygen atoms in total. The number of hydrogen-bond acceptors (Lipinski definition) is 2. The van der Waals surface area contributed by atoms with E-state index in [1.165, 1.54) is 16.8 Å². The molecule has 0 saturated carbocycles. The van der Waals surface area contributed by atoms with Gasteiger partial charge in [0.05, 0.1) is 0 Å². The lowest BCUT2D eigenvalue weighted by molar-refractivity contribution is 1.08. The fourth-order valence-corrected chi connectivity index (χ4v) is 1.70. The molecule has 0 aliphatic heterocycles. The first-order chi connectivity index (χ1) is 7.90. The largest absolute Gasteiger partial charge is 0.381 e. The van der Waals surface area contributed by atoms with Gasteiger partial charge in [-0.05, 0) is 35.7 Å². The van der Waals surface area contributed by atoms with E-state index in [4.69, 9.17) is 0 Å². The Hall–Kier alpha value is -1.83. The van der Waals surface area contributed by atoms with Gasteiger partial charge in [-0.2, -0.15) is 0 Å². The van der Waals surface area contributed by atoms with Crippen molar-refractivity contribution >= 4 is 5.69 Å². The van der Waals surface area contributed by atoms with Crippen molar-refractivity contribution in [1.82, 2.24) is 4.98 Å². The molecule has 2 heteroatoms. The van der Waals surface area contributed by atoms with E-state index in [2.05, 4.69) is 41.5 Å². The molecule has 0 radical (unpaired) electrons. The van der Waals surface area contributed by atoms with Crippen LogP contribution in [0.3, 0.4) is 0 Å². The molecule has 2 rings (SSSR count). The number of aryl methyl sites for hydroxylation is 1. The third-order valence-electron chi connectivity index (χ3n) is 2.63. The molecule has 16 heavy (non-hydrogen) atoms. The van der Waals surface area contributed by atoms with Gasteiger partial charge in [0, 0.05) is 24.6 Å². The minimum atomic E-state index is 0.847. The topological polar surface area (TPSA) is 24.9 Å². The molecule has 1 aromatic heterocycles. The highest BCUT2D eigenvalue weighted by atomic mass is 14.9. The van der Waals surface area contributed by atoms with Gasteiger partial charge in [-0.1, -0.05) is 25.1 Å². The minimum absolute atomic E-state index is 0.847. The van der Waals surface area contributed by atoms with Gasteiger partial charge in [0.2, 0.25) is 0 Å². The van der Waals surface area contributed by atoms with Crippen molar-refractivity contribution in [2.45, 2.75) is 19.9 Å². The van der Waals surface area contributed by atoms with Crippen molar-refractivity contribution in [2.75, 3.05) is 5.32 Å². The predicted octanol–water partition coefficient (Wildman–Crippen LogP) is 3.26. The Morgan fingerprint density at radius 2 is 1.81 bits per heavy atom. The Kier molecular flexibility index (Phi) is 3.54. The van der Waals surface area contributed by atoms with Gasteiger partial charge in [-0.3, -0.25) is 4.98 Å². The summed E-state index contributed by atoms with van der Waals surface area (Å²) in [7, 11) is 0. The van der Waals surface area contributed by atoms with Crippen LogP contribution in [0.4, 0.5) is 5.69 Å². The van der Waals surface area contributed by atoms with E-state index in [1.54, 1.807) is 0 Å². The smallest absolute Gasteiger partial charge is 0.0401 e. The van der Waals surface area contributed by atoms with E-state index in [9.17, 15) is 0 Å². The van der Waals surface area contributed by atoms with E-state index in [-0.39, 0.29) is 0 Å². The van der Waals surface area contributed by atoms with Crippen molar-refractivity contribution in [3.05, 3.63) is 59.9 Å². The van der Waals surface area contributed by atoms with E-state index in [0.29, 0.717) is 0 Å². The van der Waals surface area contributed by atoms with E-state index in [1.807, 2.05) is 24.5 Å². The van der Waals surface area contributed by atoms with Gasteiger partial charge < -0.3 is 5.32 Å². The highest BCUT2D eigenvalue weighted by molar-refractivity contribution is 5.51. The van der Waals surface area contributed by atoms with Crippen LogP contribution >= 0.6 is 0 Å². The number of anilines is 1. The Bertz CT molecular complexity index is 437. The van der Waals surface area contributed by atoms with Crippen LogP contribution < -0.4 is 5.32 Å². The van der Waals surface area contributed by atoms with Crippen LogP contribution in [0.2, 0.25) is 0 Å². The van der Waals surface area contributed by atoms with Crippen molar-refractivity contribution in [2.24, 2.45) is 0 Å². The van der Waals surface area contributed by atoms with Crippen LogP contribution in [0.1, 0.15) is 18.1 Å². The SMILES string of the molecule is CCc1ccccc1NCc1ccncc1. The molecule has 1 heterocycles. The van der Waals surface area contributed by atoms with Crippen LogP contribution in [0, 0.1) is 0 Å². The Morgan fingerprint density at radius 3 is 2.56 bits per heavy atom. The summed E-state index contributed by atoms with van der Waals surface area (Å²) < 4.78 is 0. The van der Waals surface area contributed by atoms with Gasteiger partial charge in [-0.25, -0.2) is 0 Å². The first-order valence-corrected chi connectivity index (χ1v) is 5.61. The quantitative estimate of drug-likeness (QED) is 0.841. The molecule has 0 amide bonds. The summed E-state index contributed by atoms with van der Waals surface area (Å²) in [5, 5.41) is 3.45. The second-order valence-corrected chi connectivity index (χ2v) is 3.72. The number of rotatable bonds is 4. The lowest BCUT2D eigenvalue weighted by atomic mass is 10.1. The summed E-state index contributed by atoms with van der Waals surface area (Å²) in [5.74, 6) is 0. The lowest BCUT2D eigenvalue weighted by Gasteiger charge is -2.10. The second kappa shape index (κ2) is 5.31. The fourth-order valence-electron chi connectivity index (χ4n) is 1.70. The molecule has 0 aliphatic rings. The van der Waals surface area contributed by atoms with Gasteiger partial charge >= 0.3 is 0 Å². The zero-order valence-electron chi connectivity index (χ0n) is 9.48. The standard InChI is InChI=1S/C14H16N2/c1-2-13-5-3-4-6-14(13)16-11-12-7-9-15-10-8-12/h3-10,16H,2,11H2,1H3. The highest BCUT2D eigenvalue weighted by Crippen LogP contribution is 2.16. The third kappa shape index (κ3) is 2.60. The number of hydrogen-bond donors (Lipinski definition) is 1. The summed E-state index contributed by atoms with van der Waals surface area (Å²) in [6.45, 7) is 3.02. The predicted molar refractivity (Wildman–Crippen MR) is 67.4 cm³/mol. The highest BCUT2D eigenvalue weighted by Gasteiger charge is 1.98. The van der Waals surface area contributed by atoms with Crippen molar-refractivity contribution in [3.63, 3.8) is 0 Å². The maximum Gasteiger partial charge on any atom is 0.0401 e. The van der Waals surface area contributed by atoms with E-state index >= 15 is 0 Å². The maximum atomic E-state index is 4.01. The van der Waals surface area contributed by atoms with Crippen molar-refractivity contribution in [3.8, 4) is 0 Å². The Labute approximate surface area is 96.4 Å². The molecule has 0 fully saturated rings. The van der Waals surface area contributed by atoms with Crippen LogP contribution in [0.5, 0.6) is 0 Å². The number of nitrogens with zero attached hydrogens (tertiary/aromatic N) is 1. The molecule has 0 bridgehead atoms. The molecule has 0 aliphatic carbocycles. The minimum Gasteiger partial charge on any atom is -0.381 e. The second-order valence-electron chi connectivity index (χ2n) is 3.72. The van der Waals surface area contributed by atoms with Crippen LogP contribution in [-0.4, -0.2) is 4.98 Å². The van der Waals surface area contributed by atoms with Crippen LogP contribution in [0.15, 0.2) is 48.8 Å². The molecule has 1 N–H and O–H groups in total. The van der Waals surface area contributed by atoms with Crippen LogP contribution in [0.25, 0.3) is 0 Å². The van der Waals surface area contributed by atoms with E-state index < -0.39 is 0 Å². The summed E-state index contributed by atoms with van der Waals surface area (Å²) in [6, 6.07) is 12.5. The molecule has 82 valence electrons. The third-order valence-corrected chi connectivity index (χ3v) is 2.63. The zero-order valence-corrected chi connectivity index (χ0v) is 9.48. The summed E-state index contributed by atoms with van der Waals surface area (Å²) in [4.78, 5) is 4.01. The summed E-state index contributed by atoms with van der Waals surface area (Å²) >= 11 is 0. The van der Waals surface area contributed by atoms with Crippen molar-refractivity contribution < 1.29 is 0 Å². The fraction of sp³-hybridized carbons (Fsp3) is 0.214. The number of nitrogens with one attached hydrogen (secondary N) is 1. The average Bonchev–Trinajstić information content (AvgIpc) is 2.38. The summed E-state index contributed by atoms with van der Waals surface area (Å²) in [5.41, 5.74) is 3.83. The van der Waals surface area contributed by atoms with Gasteiger partial charge in [0.15, 0.2) is 0 Å². The normalized spacial score (nSPS) is 10.1. The molecule has 0 spiro atoms. The van der Waals surface area contributed by atoms with Crippen molar-refractivity contribution in [1.29, 1.82) is 0 Å². The maximum absolute atomic E-state index is 4.01. The Balaban J connectivity index is 2.05. The molecular weight excluding hydrogens is 196 g/mol. The molecular formula is C14H16N2. The monoisotopic (exact) mass is 212 g/mol. The number of pyridine rings is 1. The molecule has 0 unspecified atom stereocenters. The van der Waals surface area contributed by atoms with Gasteiger partial charge in [-0.15, -0.1) is 0 Å². The van der Waals surface area contributed by atoms with E-state index in [0.717, 1.165) is 13.0 Å². The van der Waals surface area contributed by atoms with Gasteiger partial charge in [0.1, 0.15) is 0 Å².